The van der Waals surface area contributed by atoms with E-state index in [9.17, 15) is 0 Å². The molecule has 2 bridgehead atoms. The van der Waals surface area contributed by atoms with Crippen LogP contribution in [-0.2, 0) is 0 Å². The van der Waals surface area contributed by atoms with Crippen LogP contribution in [0.3, 0.4) is 0 Å². The van der Waals surface area contributed by atoms with Gasteiger partial charge in [0.15, 0.2) is 0 Å². The van der Waals surface area contributed by atoms with Gasteiger partial charge in [-0.05, 0) is 62.7 Å². The molecule has 0 radical (unpaired) electrons. The van der Waals surface area contributed by atoms with E-state index in [-0.39, 0.29) is 5.66 Å². The van der Waals surface area contributed by atoms with E-state index in [1.54, 1.807) is 0 Å². The molecule has 2 nitrogen and oxygen atoms in total. The summed E-state index contributed by atoms with van der Waals surface area (Å²) >= 11 is 0. The molecule has 15 heavy (non-hydrogen) atoms. The maximum atomic E-state index is 3.97. The first-order valence-corrected chi connectivity index (χ1v) is 6.79. The highest BCUT2D eigenvalue weighted by Gasteiger charge is 2.54. The van der Waals surface area contributed by atoms with Gasteiger partial charge in [0, 0.05) is 12.6 Å². The first kappa shape index (κ1) is 9.00. The fourth-order valence-corrected chi connectivity index (χ4v) is 4.58. The molecule has 2 heteroatoms. The normalized spacial score (nSPS) is 58.2. The van der Waals surface area contributed by atoms with Crippen molar-refractivity contribution in [3.8, 4) is 0 Å². The van der Waals surface area contributed by atoms with Crippen LogP contribution in [-0.4, -0.2) is 18.2 Å². The molecule has 1 heterocycles. The van der Waals surface area contributed by atoms with Crippen molar-refractivity contribution in [3.63, 3.8) is 0 Å². The minimum Gasteiger partial charge on any atom is -0.299 e. The van der Waals surface area contributed by atoms with Gasteiger partial charge in [-0.15, -0.1) is 0 Å². The molecule has 0 unspecified atom stereocenters. The maximum Gasteiger partial charge on any atom is 0.0689 e. The predicted molar refractivity (Wildman–Crippen MR) is 60.4 cm³/mol. The van der Waals surface area contributed by atoms with E-state index in [1.165, 1.54) is 38.6 Å². The van der Waals surface area contributed by atoms with Crippen molar-refractivity contribution in [1.82, 2.24) is 10.6 Å². The Labute approximate surface area is 92.2 Å². The molecule has 3 aliphatic carbocycles. The van der Waals surface area contributed by atoms with Gasteiger partial charge in [-0.1, -0.05) is 0 Å². The van der Waals surface area contributed by atoms with Crippen molar-refractivity contribution in [1.29, 1.82) is 0 Å². The van der Waals surface area contributed by atoms with Gasteiger partial charge in [-0.2, -0.15) is 0 Å². The van der Waals surface area contributed by atoms with E-state index in [4.69, 9.17) is 0 Å². The van der Waals surface area contributed by atoms with Gasteiger partial charge in [-0.25, -0.2) is 0 Å². The lowest BCUT2D eigenvalue weighted by molar-refractivity contribution is 0.0908. The van der Waals surface area contributed by atoms with Crippen LogP contribution < -0.4 is 10.6 Å². The lowest BCUT2D eigenvalue weighted by atomic mass is 9.80. The number of rotatable bonds is 1. The van der Waals surface area contributed by atoms with E-state index in [0.717, 1.165) is 29.7 Å². The molecule has 1 aliphatic heterocycles. The monoisotopic (exact) mass is 206 g/mol. The molecular weight excluding hydrogens is 184 g/mol. The summed E-state index contributed by atoms with van der Waals surface area (Å²) in [5.74, 6) is 3.93. The second-order valence-electron chi connectivity index (χ2n) is 6.52. The van der Waals surface area contributed by atoms with Gasteiger partial charge in [0.05, 0.1) is 5.66 Å². The van der Waals surface area contributed by atoms with Crippen molar-refractivity contribution < 1.29 is 0 Å². The Bertz CT molecular complexity index is 286. The molecular formula is C13H22N2. The van der Waals surface area contributed by atoms with Crippen LogP contribution >= 0.6 is 0 Å². The maximum absolute atomic E-state index is 3.97. The van der Waals surface area contributed by atoms with Gasteiger partial charge in [0.1, 0.15) is 0 Å². The molecule has 0 aromatic rings. The quantitative estimate of drug-likeness (QED) is 0.682. The molecule has 0 spiro atoms. The Balaban J connectivity index is 1.58. The fraction of sp³-hybridized carbons (Fsp3) is 1.00. The van der Waals surface area contributed by atoms with Gasteiger partial charge in [0.25, 0.3) is 0 Å². The third-order valence-corrected chi connectivity index (χ3v) is 5.65. The Morgan fingerprint density at radius 1 is 1.07 bits per heavy atom. The number of hydrogen-bond acceptors (Lipinski definition) is 2. The van der Waals surface area contributed by atoms with Gasteiger partial charge in [0.2, 0.25) is 0 Å². The van der Waals surface area contributed by atoms with Crippen molar-refractivity contribution >= 4 is 0 Å². The van der Waals surface area contributed by atoms with E-state index in [2.05, 4.69) is 17.6 Å². The van der Waals surface area contributed by atoms with Crippen molar-refractivity contribution in [2.45, 2.75) is 50.7 Å². The fourth-order valence-electron chi connectivity index (χ4n) is 4.58. The standard InChI is InChI=1S/C13H22N2/c1-13(10-4-5-10)14-7-11-8-2-3-9(6-8)12(11)15-13/h8-12,14-15H,2-7H2,1H3/t8-,9+,11+,12-,13-/m0/s1. The van der Waals surface area contributed by atoms with Crippen LogP contribution in [0.1, 0.15) is 39.0 Å². The summed E-state index contributed by atoms with van der Waals surface area (Å²) in [5.41, 5.74) is 0.283. The SMILES string of the molecule is C[C@]1(C2CC2)NC[C@@H]2[C@H]3CC[C@H](C3)[C@@H]2N1. The summed E-state index contributed by atoms with van der Waals surface area (Å²) in [6, 6.07) is 0.857. The summed E-state index contributed by atoms with van der Waals surface area (Å²) in [6.07, 6.45) is 7.39. The Kier molecular flexibility index (Phi) is 1.67. The van der Waals surface area contributed by atoms with Crippen molar-refractivity contribution in [3.05, 3.63) is 0 Å². The molecule has 4 aliphatic rings. The van der Waals surface area contributed by atoms with Crippen LogP contribution in [0.15, 0.2) is 0 Å². The first-order chi connectivity index (χ1) is 7.26. The average molecular weight is 206 g/mol. The molecule has 4 fully saturated rings. The van der Waals surface area contributed by atoms with E-state index in [1.807, 2.05) is 0 Å². The van der Waals surface area contributed by atoms with Crippen LogP contribution in [0.5, 0.6) is 0 Å². The molecule has 2 N–H and O–H groups in total. The number of fused-ring (bicyclic) bond motifs is 5. The van der Waals surface area contributed by atoms with Gasteiger partial charge in [-0.3, -0.25) is 10.6 Å². The molecule has 0 amide bonds. The lowest BCUT2D eigenvalue weighted by Gasteiger charge is -2.47. The number of hydrogen-bond donors (Lipinski definition) is 2. The summed E-state index contributed by atoms with van der Waals surface area (Å²) in [5, 5.41) is 7.78. The smallest absolute Gasteiger partial charge is 0.0689 e. The van der Waals surface area contributed by atoms with Crippen molar-refractivity contribution in [2.24, 2.45) is 23.7 Å². The molecule has 0 aromatic heterocycles. The summed E-state index contributed by atoms with van der Waals surface area (Å²) in [4.78, 5) is 0. The first-order valence-electron chi connectivity index (χ1n) is 6.79. The zero-order valence-electron chi connectivity index (χ0n) is 9.63. The molecule has 3 saturated carbocycles. The Morgan fingerprint density at radius 3 is 2.67 bits per heavy atom. The zero-order valence-corrected chi connectivity index (χ0v) is 9.63. The number of nitrogens with one attached hydrogen (secondary N) is 2. The van der Waals surface area contributed by atoms with Crippen LogP contribution in [0, 0.1) is 23.7 Å². The Morgan fingerprint density at radius 2 is 1.87 bits per heavy atom. The third kappa shape index (κ3) is 1.18. The minimum atomic E-state index is 0.283. The Hall–Kier alpha value is -0.0800. The topological polar surface area (TPSA) is 24.1 Å². The highest BCUT2D eigenvalue weighted by Crippen LogP contribution is 2.51. The lowest BCUT2D eigenvalue weighted by Crippen LogP contribution is -2.68. The summed E-state index contributed by atoms with van der Waals surface area (Å²) in [7, 11) is 0. The third-order valence-electron chi connectivity index (χ3n) is 5.65. The summed E-state index contributed by atoms with van der Waals surface area (Å²) < 4.78 is 0. The molecule has 5 atom stereocenters. The zero-order chi connectivity index (χ0) is 10.0. The molecule has 4 rings (SSSR count). The van der Waals surface area contributed by atoms with Gasteiger partial charge < -0.3 is 0 Å². The molecule has 0 aromatic carbocycles. The highest BCUT2D eigenvalue weighted by molar-refractivity contribution is 5.09. The second-order valence-corrected chi connectivity index (χ2v) is 6.52. The van der Waals surface area contributed by atoms with E-state index >= 15 is 0 Å². The minimum absolute atomic E-state index is 0.283. The highest BCUT2D eigenvalue weighted by atomic mass is 15.3. The van der Waals surface area contributed by atoms with Crippen LogP contribution in [0.25, 0.3) is 0 Å². The van der Waals surface area contributed by atoms with Crippen molar-refractivity contribution in [2.75, 3.05) is 6.54 Å². The second kappa shape index (κ2) is 2.78. The largest absolute Gasteiger partial charge is 0.299 e. The van der Waals surface area contributed by atoms with Gasteiger partial charge >= 0.3 is 0 Å². The average Bonchev–Trinajstić information content (AvgIpc) is 2.92. The summed E-state index contributed by atoms with van der Waals surface area (Å²) in [6.45, 7) is 3.68. The molecule has 1 saturated heterocycles. The van der Waals surface area contributed by atoms with E-state index < -0.39 is 0 Å². The molecule has 84 valence electrons. The van der Waals surface area contributed by atoms with Crippen LogP contribution in [0.4, 0.5) is 0 Å². The predicted octanol–water partition coefficient (Wildman–Crippen LogP) is 1.72. The van der Waals surface area contributed by atoms with E-state index in [0.29, 0.717) is 0 Å². The van der Waals surface area contributed by atoms with Crippen LogP contribution in [0.2, 0.25) is 0 Å².